The van der Waals surface area contributed by atoms with E-state index < -0.39 is 52.3 Å². The summed E-state index contributed by atoms with van der Waals surface area (Å²) in [7, 11) is 0. The second kappa shape index (κ2) is 4.89. The zero-order chi connectivity index (χ0) is 17.9. The summed E-state index contributed by atoms with van der Waals surface area (Å²) in [4.78, 5) is 27.2. The summed E-state index contributed by atoms with van der Waals surface area (Å²) >= 11 is 0. The van der Waals surface area contributed by atoms with Crippen LogP contribution in [0.3, 0.4) is 0 Å². The minimum absolute atomic E-state index is 0.254. The van der Waals surface area contributed by atoms with Crippen LogP contribution in [0.15, 0.2) is 12.1 Å². The molecule has 0 saturated heterocycles. The lowest BCUT2D eigenvalue weighted by atomic mass is 10.1. The number of fused-ring (bicyclic) bond motifs is 3. The van der Waals surface area contributed by atoms with Crippen molar-refractivity contribution >= 4 is 28.8 Å². The highest BCUT2D eigenvalue weighted by Gasteiger charge is 2.67. The highest BCUT2D eigenvalue weighted by atomic mass is 19.4. The summed E-state index contributed by atoms with van der Waals surface area (Å²) in [6, 6.07) is 1.06. The Kier molecular flexibility index (Phi) is 3.29. The molecule has 1 aromatic carbocycles. The standard InChI is InChI=1S/C13H9F5N4O2/c1-2-8(23)21-12(13(16,17)18)10(24)20-11-19-9-6(15)3-5(14)4-7(9)22(11)12/h3-4H,2H2,1H3,(H,21,23)(H,19,20,24). The van der Waals surface area contributed by atoms with E-state index in [0.29, 0.717) is 12.1 Å². The molecule has 2 N–H and O–H groups in total. The van der Waals surface area contributed by atoms with Crippen LogP contribution in [0.1, 0.15) is 13.3 Å². The van der Waals surface area contributed by atoms with Gasteiger partial charge in [0.25, 0.3) is 11.6 Å². The lowest BCUT2D eigenvalue weighted by molar-refractivity contribution is -0.217. The zero-order valence-corrected chi connectivity index (χ0v) is 12.0. The first-order valence-electron chi connectivity index (χ1n) is 6.69. The molecule has 1 aliphatic heterocycles. The molecule has 2 heterocycles. The van der Waals surface area contributed by atoms with Crippen molar-refractivity contribution in [3.63, 3.8) is 0 Å². The van der Waals surface area contributed by atoms with Crippen molar-refractivity contribution in [2.45, 2.75) is 25.2 Å². The Balaban J connectivity index is 2.38. The number of hydrogen-bond donors (Lipinski definition) is 2. The van der Waals surface area contributed by atoms with E-state index >= 15 is 0 Å². The fraction of sp³-hybridized carbons (Fsp3) is 0.308. The molecule has 2 aromatic rings. The minimum atomic E-state index is -5.29. The summed E-state index contributed by atoms with van der Waals surface area (Å²) < 4.78 is 68.7. The third-order valence-corrected chi connectivity index (χ3v) is 3.62. The number of alkyl halides is 3. The highest BCUT2D eigenvalue weighted by Crippen LogP contribution is 2.44. The number of hydrogen-bond acceptors (Lipinski definition) is 3. The van der Waals surface area contributed by atoms with Crippen LogP contribution in [0, 0.1) is 11.6 Å². The largest absolute Gasteiger partial charge is 0.440 e. The Bertz CT molecular complexity index is 875. The van der Waals surface area contributed by atoms with Gasteiger partial charge in [0, 0.05) is 18.6 Å². The molecular weight excluding hydrogens is 339 g/mol. The molecule has 24 heavy (non-hydrogen) atoms. The third-order valence-electron chi connectivity index (χ3n) is 3.62. The SMILES string of the molecule is CCC(=O)NC1(C(F)(F)F)C(=O)Nc2nc3c(F)cc(F)cc3n21. The number of carbonyl (C=O) groups is 2. The Morgan fingerprint density at radius 2 is 2.04 bits per heavy atom. The van der Waals surface area contributed by atoms with Gasteiger partial charge in [-0.25, -0.2) is 13.8 Å². The molecule has 6 nitrogen and oxygen atoms in total. The number of aromatic nitrogens is 2. The van der Waals surface area contributed by atoms with E-state index in [1.807, 2.05) is 5.32 Å². The third kappa shape index (κ3) is 1.96. The fourth-order valence-electron chi connectivity index (χ4n) is 2.55. The monoisotopic (exact) mass is 348 g/mol. The van der Waals surface area contributed by atoms with E-state index in [1.165, 1.54) is 6.92 Å². The number of halogens is 5. The van der Waals surface area contributed by atoms with Gasteiger partial charge in [0.05, 0.1) is 5.52 Å². The predicted octanol–water partition coefficient (Wildman–Crippen LogP) is 2.01. The molecule has 0 bridgehead atoms. The maximum atomic E-state index is 13.8. The Morgan fingerprint density at radius 1 is 1.38 bits per heavy atom. The number of rotatable bonds is 2. The summed E-state index contributed by atoms with van der Waals surface area (Å²) in [5, 5.41) is 3.46. The van der Waals surface area contributed by atoms with Gasteiger partial charge >= 0.3 is 6.18 Å². The van der Waals surface area contributed by atoms with E-state index in [2.05, 4.69) is 4.98 Å². The molecule has 128 valence electrons. The Morgan fingerprint density at radius 3 is 2.62 bits per heavy atom. The van der Waals surface area contributed by atoms with Gasteiger partial charge in [-0.15, -0.1) is 0 Å². The van der Waals surface area contributed by atoms with E-state index in [4.69, 9.17) is 0 Å². The lowest BCUT2D eigenvalue weighted by Crippen LogP contribution is -2.63. The number of nitrogens with one attached hydrogen (secondary N) is 2. The van der Waals surface area contributed by atoms with Crippen LogP contribution in [0.4, 0.5) is 27.9 Å². The van der Waals surface area contributed by atoms with Crippen LogP contribution in [-0.4, -0.2) is 27.5 Å². The molecule has 1 aliphatic rings. The fourth-order valence-corrected chi connectivity index (χ4v) is 2.55. The summed E-state index contributed by atoms with van der Waals surface area (Å²) in [6.45, 7) is 1.29. The highest BCUT2D eigenvalue weighted by molar-refractivity contribution is 6.05. The molecule has 0 fully saturated rings. The molecular formula is C13H9F5N4O2. The minimum Gasteiger partial charge on any atom is -0.317 e. The maximum Gasteiger partial charge on any atom is 0.440 e. The van der Waals surface area contributed by atoms with Crippen LogP contribution in [0.25, 0.3) is 11.0 Å². The number of imidazole rings is 1. The first-order chi connectivity index (χ1) is 11.1. The van der Waals surface area contributed by atoms with Gasteiger partial charge in [-0.3, -0.25) is 19.5 Å². The second-order valence-corrected chi connectivity index (χ2v) is 5.09. The molecule has 0 saturated carbocycles. The molecule has 1 unspecified atom stereocenters. The normalized spacial score (nSPS) is 20.2. The number of benzene rings is 1. The van der Waals surface area contributed by atoms with E-state index in [9.17, 15) is 31.5 Å². The summed E-state index contributed by atoms with van der Waals surface area (Å²) in [5.74, 6) is -5.69. The van der Waals surface area contributed by atoms with Gasteiger partial charge in [0.2, 0.25) is 11.9 Å². The van der Waals surface area contributed by atoms with Gasteiger partial charge in [-0.05, 0) is 0 Å². The Labute approximate surface area is 130 Å². The topological polar surface area (TPSA) is 76.0 Å². The Hall–Kier alpha value is -2.72. The summed E-state index contributed by atoms with van der Waals surface area (Å²) in [5.41, 5.74) is -4.72. The molecule has 1 atom stereocenters. The quantitative estimate of drug-likeness (QED) is 0.815. The van der Waals surface area contributed by atoms with Gasteiger partial charge in [0.15, 0.2) is 5.82 Å². The molecule has 1 aromatic heterocycles. The van der Waals surface area contributed by atoms with Crippen LogP contribution < -0.4 is 10.6 Å². The number of nitrogens with zero attached hydrogens (tertiary/aromatic N) is 2. The smallest absolute Gasteiger partial charge is 0.317 e. The van der Waals surface area contributed by atoms with Crippen LogP contribution in [0.5, 0.6) is 0 Å². The molecule has 0 spiro atoms. The average Bonchev–Trinajstić information content (AvgIpc) is 2.94. The number of amides is 2. The van der Waals surface area contributed by atoms with Gasteiger partial charge in [0.1, 0.15) is 11.3 Å². The van der Waals surface area contributed by atoms with Crippen LogP contribution in [-0.2, 0) is 15.3 Å². The van der Waals surface area contributed by atoms with Crippen molar-refractivity contribution in [1.82, 2.24) is 14.9 Å². The average molecular weight is 348 g/mol. The number of anilines is 1. The van der Waals surface area contributed by atoms with Crippen molar-refractivity contribution < 1.29 is 31.5 Å². The number of carbonyl (C=O) groups excluding carboxylic acids is 2. The molecule has 0 radical (unpaired) electrons. The van der Waals surface area contributed by atoms with Crippen molar-refractivity contribution in [1.29, 1.82) is 0 Å². The lowest BCUT2D eigenvalue weighted by Gasteiger charge is -2.31. The zero-order valence-electron chi connectivity index (χ0n) is 12.0. The molecule has 3 rings (SSSR count). The molecule has 11 heteroatoms. The van der Waals surface area contributed by atoms with Crippen molar-refractivity contribution in [2.75, 3.05) is 5.32 Å². The van der Waals surface area contributed by atoms with E-state index in [-0.39, 0.29) is 11.0 Å². The first kappa shape index (κ1) is 16.1. The van der Waals surface area contributed by atoms with E-state index in [0.717, 1.165) is 0 Å². The summed E-state index contributed by atoms with van der Waals surface area (Å²) in [6.07, 6.45) is -5.63. The van der Waals surface area contributed by atoms with Gasteiger partial charge in [-0.2, -0.15) is 13.2 Å². The maximum absolute atomic E-state index is 13.8. The van der Waals surface area contributed by atoms with Crippen LogP contribution in [0.2, 0.25) is 0 Å². The first-order valence-corrected chi connectivity index (χ1v) is 6.69. The van der Waals surface area contributed by atoms with Crippen molar-refractivity contribution in [2.24, 2.45) is 0 Å². The van der Waals surface area contributed by atoms with Crippen molar-refractivity contribution in [3.8, 4) is 0 Å². The second-order valence-electron chi connectivity index (χ2n) is 5.09. The molecule has 2 amide bonds. The van der Waals surface area contributed by atoms with Crippen molar-refractivity contribution in [3.05, 3.63) is 23.8 Å². The molecule has 0 aliphatic carbocycles. The van der Waals surface area contributed by atoms with Crippen LogP contribution >= 0.6 is 0 Å². The van der Waals surface area contributed by atoms with E-state index in [1.54, 1.807) is 5.32 Å². The van der Waals surface area contributed by atoms with Gasteiger partial charge < -0.3 is 5.32 Å². The van der Waals surface area contributed by atoms with Gasteiger partial charge in [-0.1, -0.05) is 6.92 Å². The predicted molar refractivity (Wildman–Crippen MR) is 70.7 cm³/mol.